The molecule has 1 aliphatic heterocycles. The first-order chi connectivity index (χ1) is 10.2. The van der Waals surface area contributed by atoms with Gasteiger partial charge in [0.25, 0.3) is 0 Å². The Morgan fingerprint density at radius 1 is 1.10 bits per heavy atom. The monoisotopic (exact) mass is 289 g/mol. The number of nitrogens with zero attached hydrogens (tertiary/aromatic N) is 4. The average molecular weight is 289 g/mol. The van der Waals surface area contributed by atoms with E-state index in [0.717, 1.165) is 24.6 Å². The molecule has 21 heavy (non-hydrogen) atoms. The molecule has 0 spiro atoms. The van der Waals surface area contributed by atoms with Gasteiger partial charge in [-0.15, -0.1) is 0 Å². The highest BCUT2D eigenvalue weighted by molar-refractivity contribution is 6.01. The second-order valence-electron chi connectivity index (χ2n) is 6.16. The highest BCUT2D eigenvalue weighted by Crippen LogP contribution is 2.42. The van der Waals surface area contributed by atoms with E-state index in [1.54, 1.807) is 0 Å². The van der Waals surface area contributed by atoms with E-state index in [-0.39, 0.29) is 18.5 Å². The summed E-state index contributed by atoms with van der Waals surface area (Å²) in [6.07, 6.45) is 5.55. The normalized spacial score (nSPS) is 22.0. The van der Waals surface area contributed by atoms with Crippen LogP contribution in [0.3, 0.4) is 0 Å². The maximum Gasteiger partial charge on any atom is 0.324 e. The summed E-state index contributed by atoms with van der Waals surface area (Å²) in [6.45, 7) is 1.30. The van der Waals surface area contributed by atoms with Gasteiger partial charge in [0.15, 0.2) is 5.82 Å². The largest absolute Gasteiger partial charge is 0.329 e. The van der Waals surface area contributed by atoms with Gasteiger partial charge < -0.3 is 5.32 Å². The van der Waals surface area contributed by atoms with Crippen molar-refractivity contribution >= 4 is 11.9 Å². The lowest BCUT2D eigenvalue weighted by Crippen LogP contribution is -2.32. The third-order valence-electron chi connectivity index (χ3n) is 4.29. The molecule has 3 fully saturated rings. The van der Waals surface area contributed by atoms with Crippen LogP contribution in [0.25, 0.3) is 0 Å². The van der Waals surface area contributed by atoms with Crippen molar-refractivity contribution in [2.24, 2.45) is 0 Å². The van der Waals surface area contributed by atoms with Gasteiger partial charge >= 0.3 is 6.03 Å². The lowest BCUT2D eigenvalue weighted by molar-refractivity contribution is -0.125. The summed E-state index contributed by atoms with van der Waals surface area (Å²) in [4.78, 5) is 29.0. The fourth-order valence-corrected chi connectivity index (χ4v) is 2.76. The standard InChI is InChI=1S/C14H19N5O2/c20-11-8-15-14(21)18(11)6-1-7-19-13(10-4-5-10)16-12(17-19)9-2-3-9/h9-10H,1-8H2,(H,15,21). The van der Waals surface area contributed by atoms with Crippen molar-refractivity contribution in [2.75, 3.05) is 13.1 Å². The van der Waals surface area contributed by atoms with E-state index < -0.39 is 0 Å². The van der Waals surface area contributed by atoms with E-state index in [9.17, 15) is 9.59 Å². The lowest BCUT2D eigenvalue weighted by atomic mass is 10.3. The number of aryl methyl sites for hydroxylation is 1. The van der Waals surface area contributed by atoms with Gasteiger partial charge in [0.05, 0.1) is 6.54 Å². The van der Waals surface area contributed by atoms with Crippen molar-refractivity contribution in [2.45, 2.75) is 50.5 Å². The summed E-state index contributed by atoms with van der Waals surface area (Å²) in [5.74, 6) is 3.09. The number of aromatic nitrogens is 3. The quantitative estimate of drug-likeness (QED) is 0.791. The fourth-order valence-electron chi connectivity index (χ4n) is 2.76. The third kappa shape index (κ3) is 2.52. The summed E-state index contributed by atoms with van der Waals surface area (Å²) < 4.78 is 2.00. The number of rotatable bonds is 6. The van der Waals surface area contributed by atoms with Crippen LogP contribution in [0, 0.1) is 0 Å². The predicted octanol–water partition coefficient (Wildman–Crippen LogP) is 0.975. The van der Waals surface area contributed by atoms with Gasteiger partial charge in [-0.25, -0.2) is 14.5 Å². The maximum absolute atomic E-state index is 11.5. The Labute approximate surface area is 122 Å². The van der Waals surface area contributed by atoms with Crippen LogP contribution in [-0.2, 0) is 11.3 Å². The van der Waals surface area contributed by atoms with Crippen LogP contribution in [0.15, 0.2) is 0 Å². The van der Waals surface area contributed by atoms with E-state index >= 15 is 0 Å². The van der Waals surface area contributed by atoms with E-state index in [4.69, 9.17) is 4.98 Å². The molecule has 1 aromatic heterocycles. The van der Waals surface area contributed by atoms with Crippen molar-refractivity contribution in [1.82, 2.24) is 25.0 Å². The maximum atomic E-state index is 11.5. The van der Waals surface area contributed by atoms with Crippen molar-refractivity contribution in [3.63, 3.8) is 0 Å². The fraction of sp³-hybridized carbons (Fsp3) is 0.714. The number of hydrogen-bond acceptors (Lipinski definition) is 4. The van der Waals surface area contributed by atoms with Gasteiger partial charge in [-0.05, 0) is 32.1 Å². The number of hydrogen-bond donors (Lipinski definition) is 1. The Morgan fingerprint density at radius 2 is 1.86 bits per heavy atom. The minimum atomic E-state index is -0.278. The topological polar surface area (TPSA) is 80.1 Å². The van der Waals surface area contributed by atoms with Gasteiger partial charge in [0, 0.05) is 24.9 Å². The molecule has 0 atom stereocenters. The molecule has 3 aliphatic rings. The molecule has 7 heteroatoms. The second kappa shape index (κ2) is 4.82. The van der Waals surface area contributed by atoms with E-state index in [0.29, 0.717) is 18.4 Å². The van der Waals surface area contributed by atoms with Crippen molar-refractivity contribution in [1.29, 1.82) is 0 Å². The second-order valence-corrected chi connectivity index (χ2v) is 6.16. The summed E-state index contributed by atoms with van der Waals surface area (Å²) in [5.41, 5.74) is 0. The van der Waals surface area contributed by atoms with Crippen molar-refractivity contribution in [3.05, 3.63) is 11.6 Å². The van der Waals surface area contributed by atoms with Crippen LogP contribution in [-0.4, -0.2) is 44.7 Å². The first kappa shape index (κ1) is 12.8. The molecule has 0 unspecified atom stereocenters. The van der Waals surface area contributed by atoms with Crippen LogP contribution in [0.4, 0.5) is 4.79 Å². The molecular weight excluding hydrogens is 270 g/mol. The number of urea groups is 1. The molecule has 1 saturated heterocycles. The van der Waals surface area contributed by atoms with Gasteiger partial charge in [0.2, 0.25) is 5.91 Å². The number of carbonyl (C=O) groups excluding carboxylic acids is 2. The van der Waals surface area contributed by atoms with E-state index in [2.05, 4.69) is 10.4 Å². The minimum absolute atomic E-state index is 0.126. The number of carbonyl (C=O) groups is 2. The summed E-state index contributed by atoms with van der Waals surface area (Å²) in [5, 5.41) is 7.17. The number of amides is 3. The Bertz CT molecular complexity index is 572. The Morgan fingerprint density at radius 3 is 2.48 bits per heavy atom. The van der Waals surface area contributed by atoms with Crippen LogP contribution in [0.2, 0.25) is 0 Å². The summed E-state index contributed by atoms with van der Waals surface area (Å²) in [7, 11) is 0. The first-order valence-corrected chi connectivity index (χ1v) is 7.75. The Hall–Kier alpha value is -1.92. The highest BCUT2D eigenvalue weighted by atomic mass is 16.2. The summed E-state index contributed by atoms with van der Waals surface area (Å²) in [6, 6.07) is -0.278. The smallest absolute Gasteiger partial charge is 0.324 e. The molecule has 4 rings (SSSR count). The van der Waals surface area contributed by atoms with Gasteiger partial charge in [-0.1, -0.05) is 0 Å². The molecule has 2 aliphatic carbocycles. The molecule has 0 bridgehead atoms. The zero-order chi connectivity index (χ0) is 14.4. The molecule has 7 nitrogen and oxygen atoms in total. The average Bonchev–Trinajstić information content (AvgIpc) is 3.39. The molecule has 2 saturated carbocycles. The zero-order valence-electron chi connectivity index (χ0n) is 11.9. The highest BCUT2D eigenvalue weighted by Gasteiger charge is 2.34. The van der Waals surface area contributed by atoms with E-state index in [1.165, 1.54) is 30.6 Å². The van der Waals surface area contributed by atoms with Crippen LogP contribution >= 0.6 is 0 Å². The molecule has 2 heterocycles. The van der Waals surface area contributed by atoms with Crippen molar-refractivity contribution in [3.8, 4) is 0 Å². The van der Waals surface area contributed by atoms with Gasteiger partial charge in [-0.3, -0.25) is 9.69 Å². The third-order valence-corrected chi connectivity index (χ3v) is 4.29. The minimum Gasteiger partial charge on any atom is -0.329 e. The molecule has 1 aromatic rings. The van der Waals surface area contributed by atoms with Gasteiger partial charge in [-0.2, -0.15) is 5.10 Å². The molecule has 0 radical (unpaired) electrons. The first-order valence-electron chi connectivity index (χ1n) is 7.75. The van der Waals surface area contributed by atoms with Gasteiger partial charge in [0.1, 0.15) is 5.82 Å². The lowest BCUT2D eigenvalue weighted by Gasteiger charge is -2.12. The molecule has 112 valence electrons. The SMILES string of the molecule is O=C1CNC(=O)N1CCCn1nc(C2CC2)nc1C1CC1. The molecule has 0 aromatic carbocycles. The van der Waals surface area contributed by atoms with E-state index in [1.807, 2.05) is 4.68 Å². The molecule has 3 amide bonds. The molecular formula is C14H19N5O2. The number of imide groups is 1. The van der Waals surface area contributed by atoms with Crippen molar-refractivity contribution < 1.29 is 9.59 Å². The Balaban J connectivity index is 1.40. The number of nitrogens with one attached hydrogen (secondary N) is 1. The zero-order valence-corrected chi connectivity index (χ0v) is 11.9. The van der Waals surface area contributed by atoms with Crippen LogP contribution in [0.1, 0.15) is 55.6 Å². The predicted molar refractivity (Wildman–Crippen MR) is 73.7 cm³/mol. The Kier molecular flexibility index (Phi) is 2.94. The van der Waals surface area contributed by atoms with Crippen LogP contribution in [0.5, 0.6) is 0 Å². The van der Waals surface area contributed by atoms with Crippen LogP contribution < -0.4 is 5.32 Å². The summed E-state index contributed by atoms with van der Waals surface area (Å²) >= 11 is 0. The molecule has 1 N–H and O–H groups in total.